The van der Waals surface area contributed by atoms with Crippen LogP contribution in [0, 0.1) is 0 Å². The van der Waals surface area contributed by atoms with E-state index in [4.69, 9.17) is 14.6 Å². The number of nitrogens with one attached hydrogen (secondary N) is 1. The highest BCUT2D eigenvalue weighted by Gasteiger charge is 2.44. The molecule has 1 aliphatic rings. The number of aliphatic hydroxyl groups excluding tert-OH is 4. The molecule has 0 aromatic heterocycles. The van der Waals surface area contributed by atoms with Crippen molar-refractivity contribution in [2.75, 3.05) is 6.61 Å². The van der Waals surface area contributed by atoms with Crippen molar-refractivity contribution in [2.24, 2.45) is 0 Å². The van der Waals surface area contributed by atoms with Gasteiger partial charge in [0.2, 0.25) is 0 Å². The van der Waals surface area contributed by atoms with Gasteiger partial charge in [-0.05, 0) is 5.56 Å². The summed E-state index contributed by atoms with van der Waals surface area (Å²) in [5.74, 6) is 0. The summed E-state index contributed by atoms with van der Waals surface area (Å²) in [4.78, 5) is 11.7. The fraction of sp³-hybridized carbons (Fsp3) is 0.500. The van der Waals surface area contributed by atoms with Crippen LogP contribution in [0.25, 0.3) is 0 Å². The minimum atomic E-state index is -1.57. The zero-order valence-corrected chi connectivity index (χ0v) is 11.7. The van der Waals surface area contributed by atoms with Crippen molar-refractivity contribution >= 4 is 6.09 Å². The second-order valence-electron chi connectivity index (χ2n) is 4.96. The molecule has 1 amide bonds. The van der Waals surface area contributed by atoms with E-state index in [-0.39, 0.29) is 6.61 Å². The molecular formula is C14H19NO7. The lowest BCUT2D eigenvalue weighted by atomic mass is 9.97. The van der Waals surface area contributed by atoms with E-state index in [1.165, 1.54) is 0 Å². The van der Waals surface area contributed by atoms with Crippen molar-refractivity contribution in [1.82, 2.24) is 5.32 Å². The predicted molar refractivity (Wildman–Crippen MR) is 73.5 cm³/mol. The van der Waals surface area contributed by atoms with E-state index >= 15 is 0 Å². The first-order valence-corrected chi connectivity index (χ1v) is 6.80. The number of amides is 1. The maximum atomic E-state index is 11.7. The molecule has 8 heteroatoms. The maximum Gasteiger partial charge on any atom is 0.407 e. The van der Waals surface area contributed by atoms with E-state index < -0.39 is 43.3 Å². The van der Waals surface area contributed by atoms with Gasteiger partial charge >= 0.3 is 6.09 Å². The standard InChI is InChI=1S/C14H19NO7/c16-6-9-11(17)12(18)10(13(19)22-9)15-14(20)21-7-8-4-2-1-3-5-8/h1-5,9-13,16-19H,6-7H2,(H,15,20)/t9-,10-,11+,12+,13-/m0/s1. The van der Waals surface area contributed by atoms with Crippen molar-refractivity contribution in [2.45, 2.75) is 37.3 Å². The van der Waals surface area contributed by atoms with Gasteiger partial charge in [-0.1, -0.05) is 30.3 Å². The molecule has 5 N–H and O–H groups in total. The molecule has 1 aromatic carbocycles. The fourth-order valence-corrected chi connectivity index (χ4v) is 2.15. The molecule has 1 fully saturated rings. The Kier molecular flexibility index (Phi) is 5.69. The second kappa shape index (κ2) is 7.52. The summed E-state index contributed by atoms with van der Waals surface area (Å²) in [6, 6.07) is 7.71. The van der Waals surface area contributed by atoms with Gasteiger partial charge in [0.05, 0.1) is 6.61 Å². The van der Waals surface area contributed by atoms with Gasteiger partial charge in [0, 0.05) is 0 Å². The molecule has 0 radical (unpaired) electrons. The minimum absolute atomic E-state index is 0.0221. The largest absolute Gasteiger partial charge is 0.445 e. The van der Waals surface area contributed by atoms with E-state index in [1.54, 1.807) is 24.3 Å². The number of rotatable bonds is 4. The Morgan fingerprint density at radius 2 is 1.86 bits per heavy atom. The third-order valence-electron chi connectivity index (χ3n) is 3.40. The molecule has 22 heavy (non-hydrogen) atoms. The van der Waals surface area contributed by atoms with Crippen molar-refractivity contribution < 1.29 is 34.7 Å². The molecular weight excluding hydrogens is 294 g/mol. The van der Waals surface area contributed by atoms with Gasteiger partial charge in [-0.25, -0.2) is 4.79 Å². The van der Waals surface area contributed by atoms with Crippen LogP contribution in [0.4, 0.5) is 4.79 Å². The quantitative estimate of drug-likeness (QED) is 0.468. The summed E-state index contributed by atoms with van der Waals surface area (Å²) >= 11 is 0. The molecule has 122 valence electrons. The average Bonchev–Trinajstić information content (AvgIpc) is 2.54. The summed E-state index contributed by atoms with van der Waals surface area (Å²) in [6.45, 7) is -0.547. The molecule has 1 saturated heterocycles. The molecule has 0 saturated carbocycles. The monoisotopic (exact) mass is 313 g/mol. The van der Waals surface area contributed by atoms with Gasteiger partial charge in [-0.2, -0.15) is 0 Å². The Balaban J connectivity index is 1.87. The molecule has 0 spiro atoms. The van der Waals surface area contributed by atoms with Crippen LogP contribution in [-0.4, -0.2) is 63.8 Å². The fourth-order valence-electron chi connectivity index (χ4n) is 2.15. The van der Waals surface area contributed by atoms with E-state index in [0.29, 0.717) is 0 Å². The number of hydrogen-bond acceptors (Lipinski definition) is 7. The zero-order chi connectivity index (χ0) is 16.1. The predicted octanol–water partition coefficient (Wildman–Crippen LogP) is -1.29. The smallest absolute Gasteiger partial charge is 0.407 e. The van der Waals surface area contributed by atoms with Gasteiger partial charge in [-0.15, -0.1) is 0 Å². The van der Waals surface area contributed by atoms with Crippen LogP contribution in [0.3, 0.4) is 0 Å². The van der Waals surface area contributed by atoms with E-state index in [9.17, 15) is 20.1 Å². The Morgan fingerprint density at radius 1 is 1.18 bits per heavy atom. The first-order valence-electron chi connectivity index (χ1n) is 6.80. The maximum absolute atomic E-state index is 11.7. The summed E-state index contributed by atoms with van der Waals surface area (Å²) in [6.07, 6.45) is -6.49. The first-order chi connectivity index (χ1) is 10.5. The third-order valence-corrected chi connectivity index (χ3v) is 3.40. The number of hydrogen-bond donors (Lipinski definition) is 5. The van der Waals surface area contributed by atoms with Crippen LogP contribution in [-0.2, 0) is 16.1 Å². The Hall–Kier alpha value is -1.71. The Bertz CT molecular complexity index is 483. The van der Waals surface area contributed by atoms with Crippen molar-refractivity contribution in [3.8, 4) is 0 Å². The number of benzene rings is 1. The van der Waals surface area contributed by atoms with Gasteiger partial charge in [-0.3, -0.25) is 0 Å². The number of carbonyl (C=O) groups excluding carboxylic acids is 1. The van der Waals surface area contributed by atoms with Gasteiger partial charge in [0.25, 0.3) is 0 Å². The van der Waals surface area contributed by atoms with Gasteiger partial charge in [0.1, 0.15) is 31.0 Å². The lowest BCUT2D eigenvalue weighted by Crippen LogP contribution is -2.64. The Labute approximate surface area is 126 Å². The molecule has 0 aliphatic carbocycles. The molecule has 1 aliphatic heterocycles. The molecule has 2 rings (SSSR count). The molecule has 0 bridgehead atoms. The molecule has 5 atom stereocenters. The van der Waals surface area contributed by atoms with Crippen LogP contribution in [0.1, 0.15) is 5.56 Å². The number of carbonyl (C=O) groups is 1. The van der Waals surface area contributed by atoms with Gasteiger partial charge < -0.3 is 35.2 Å². The van der Waals surface area contributed by atoms with Gasteiger partial charge in [0.15, 0.2) is 6.29 Å². The van der Waals surface area contributed by atoms with Crippen LogP contribution >= 0.6 is 0 Å². The SMILES string of the molecule is O=C(N[C@H]1[C@@H](O)[C@H](O)[C@H](CO)O[C@@H]1O)OCc1ccccc1. The number of ether oxygens (including phenoxy) is 2. The lowest BCUT2D eigenvalue weighted by molar-refractivity contribution is -0.253. The van der Waals surface area contributed by atoms with Crippen molar-refractivity contribution in [1.29, 1.82) is 0 Å². The highest BCUT2D eigenvalue weighted by molar-refractivity contribution is 5.67. The highest BCUT2D eigenvalue weighted by Crippen LogP contribution is 2.19. The molecule has 0 unspecified atom stereocenters. The van der Waals surface area contributed by atoms with E-state index in [2.05, 4.69) is 5.32 Å². The second-order valence-corrected chi connectivity index (χ2v) is 4.96. The van der Waals surface area contributed by atoms with Crippen LogP contribution in [0.5, 0.6) is 0 Å². The molecule has 8 nitrogen and oxygen atoms in total. The van der Waals surface area contributed by atoms with Crippen LogP contribution < -0.4 is 5.32 Å². The summed E-state index contributed by atoms with van der Waals surface area (Å²) in [5.41, 5.74) is 0.777. The average molecular weight is 313 g/mol. The van der Waals surface area contributed by atoms with Crippen LogP contribution in [0.2, 0.25) is 0 Å². The first kappa shape index (κ1) is 16.7. The molecule has 1 aromatic rings. The Morgan fingerprint density at radius 3 is 2.50 bits per heavy atom. The highest BCUT2D eigenvalue weighted by atomic mass is 16.6. The van der Waals surface area contributed by atoms with Crippen LogP contribution in [0.15, 0.2) is 30.3 Å². The molecule has 1 heterocycles. The summed E-state index contributed by atoms with van der Waals surface area (Å²) < 4.78 is 9.88. The minimum Gasteiger partial charge on any atom is -0.445 e. The zero-order valence-electron chi connectivity index (χ0n) is 11.7. The van der Waals surface area contributed by atoms with E-state index in [0.717, 1.165) is 5.56 Å². The normalized spacial score (nSPS) is 31.5. The summed E-state index contributed by atoms with van der Waals surface area (Å²) in [5, 5.41) is 40.5. The lowest BCUT2D eigenvalue weighted by Gasteiger charge is -2.39. The van der Waals surface area contributed by atoms with Crippen molar-refractivity contribution in [3.63, 3.8) is 0 Å². The van der Waals surface area contributed by atoms with Crippen molar-refractivity contribution in [3.05, 3.63) is 35.9 Å². The summed E-state index contributed by atoms with van der Waals surface area (Å²) in [7, 11) is 0. The van der Waals surface area contributed by atoms with E-state index in [1.807, 2.05) is 6.07 Å². The number of aliphatic hydroxyl groups is 4. The topological polar surface area (TPSA) is 128 Å². The third kappa shape index (κ3) is 3.93. The number of alkyl carbamates (subject to hydrolysis) is 1.